The van der Waals surface area contributed by atoms with Crippen LogP contribution in [0.5, 0.6) is 23.0 Å². The number of anilines is 1. The van der Waals surface area contributed by atoms with Gasteiger partial charge < -0.3 is 34.9 Å². The van der Waals surface area contributed by atoms with E-state index in [4.69, 9.17) is 18.9 Å². The molecule has 0 unspecified atom stereocenters. The van der Waals surface area contributed by atoms with Crippen molar-refractivity contribution >= 4 is 17.5 Å². The predicted molar refractivity (Wildman–Crippen MR) is 174 cm³/mol. The van der Waals surface area contributed by atoms with Crippen LogP contribution in [0.25, 0.3) is 11.1 Å². The second-order valence-electron chi connectivity index (χ2n) is 11.5. The predicted octanol–water partition coefficient (Wildman–Crippen LogP) is 5.19. The summed E-state index contributed by atoms with van der Waals surface area (Å²) in [7, 11) is 6.27. The molecule has 0 spiro atoms. The van der Waals surface area contributed by atoms with Crippen molar-refractivity contribution in [2.75, 3.05) is 33.8 Å². The van der Waals surface area contributed by atoms with Gasteiger partial charge in [-0.05, 0) is 78.3 Å². The van der Waals surface area contributed by atoms with Crippen molar-refractivity contribution in [2.24, 2.45) is 5.92 Å². The topological polar surface area (TPSA) is 124 Å². The molecule has 0 bridgehead atoms. The molecule has 45 heavy (non-hydrogen) atoms. The van der Waals surface area contributed by atoms with Crippen LogP contribution >= 0.6 is 0 Å². The molecule has 240 valence electrons. The van der Waals surface area contributed by atoms with Gasteiger partial charge in [-0.2, -0.15) is 0 Å². The van der Waals surface area contributed by atoms with Gasteiger partial charge in [-0.15, -0.1) is 0 Å². The maximum absolute atomic E-state index is 13.7. The van der Waals surface area contributed by atoms with Gasteiger partial charge >= 0.3 is 0 Å². The van der Waals surface area contributed by atoms with Crippen LogP contribution in [0.3, 0.4) is 0 Å². The van der Waals surface area contributed by atoms with E-state index in [2.05, 4.69) is 16.0 Å². The first kappa shape index (κ1) is 33.2. The van der Waals surface area contributed by atoms with E-state index >= 15 is 0 Å². The monoisotopic (exact) mass is 617 g/mol. The normalized spacial score (nSPS) is 15.0. The summed E-state index contributed by atoms with van der Waals surface area (Å²) < 4.78 is 22.4. The third kappa shape index (κ3) is 7.16. The quantitative estimate of drug-likeness (QED) is 0.269. The zero-order valence-electron chi connectivity index (χ0n) is 27.2. The Morgan fingerprint density at radius 2 is 1.56 bits per heavy atom. The number of hydrogen-bond donors (Lipinski definition) is 3. The third-order valence-corrected chi connectivity index (χ3v) is 8.12. The molecule has 10 nitrogen and oxygen atoms in total. The van der Waals surface area contributed by atoms with E-state index in [1.54, 1.807) is 34.3 Å². The molecule has 4 rings (SSSR count). The standard InChI is InChI=1S/C35H43N3O7/c1-19(2)32(22-9-12-24(42-5)13-10-22)38-35(41)20(3)36-28-16-14-25-26(18-29(28)40)27(37-21(4)39)15-11-23-17-30(43-6)33(44-7)34(45-8)31(23)25/h9-10,12-14,16-20,27,32H,11,15H2,1-8H3,(H,36,40)(H,37,39)(H,38,41)/t20-,27-,32-/m0/s1. The zero-order valence-corrected chi connectivity index (χ0v) is 27.2. The van der Waals surface area contributed by atoms with Crippen LogP contribution in [0.1, 0.15) is 62.9 Å². The van der Waals surface area contributed by atoms with E-state index in [1.807, 2.05) is 50.2 Å². The average Bonchev–Trinajstić information content (AvgIpc) is 3.26. The lowest BCUT2D eigenvalue weighted by Gasteiger charge is -2.25. The molecule has 0 saturated heterocycles. The summed E-state index contributed by atoms with van der Waals surface area (Å²) in [5.74, 6) is 1.81. The molecule has 0 fully saturated rings. The van der Waals surface area contributed by atoms with Gasteiger partial charge in [0.15, 0.2) is 11.5 Å². The SMILES string of the molecule is COc1ccc([C@@H](NC(=O)[C@H](C)Nc2ccc3c(cc2=O)[C@@H](NC(C)=O)CCc2cc(OC)c(OC)c(OC)c2-3)C(C)C)cc1. The molecule has 3 aromatic rings. The van der Waals surface area contributed by atoms with Crippen LogP contribution in [0.2, 0.25) is 0 Å². The number of ether oxygens (including phenoxy) is 4. The van der Waals surface area contributed by atoms with E-state index < -0.39 is 12.1 Å². The third-order valence-electron chi connectivity index (χ3n) is 8.12. The molecular formula is C35H43N3O7. The first-order valence-corrected chi connectivity index (χ1v) is 15.0. The van der Waals surface area contributed by atoms with Crippen molar-refractivity contribution in [3.8, 4) is 34.1 Å². The lowest BCUT2D eigenvalue weighted by Crippen LogP contribution is -2.41. The number of carbonyl (C=O) groups is 2. The number of nitrogens with one attached hydrogen (secondary N) is 3. The highest BCUT2D eigenvalue weighted by Crippen LogP contribution is 2.50. The number of amides is 2. The Labute approximate surface area is 264 Å². The molecule has 0 aromatic heterocycles. The van der Waals surface area contributed by atoms with E-state index in [1.165, 1.54) is 20.1 Å². The highest BCUT2D eigenvalue weighted by atomic mass is 16.5. The minimum absolute atomic E-state index is 0.117. The summed E-state index contributed by atoms with van der Waals surface area (Å²) in [4.78, 5) is 39.3. The van der Waals surface area contributed by atoms with Gasteiger partial charge in [0.1, 0.15) is 11.8 Å². The highest BCUT2D eigenvalue weighted by molar-refractivity contribution is 5.86. The number of carbonyl (C=O) groups excluding carboxylic acids is 2. The Balaban J connectivity index is 1.74. The molecule has 1 aliphatic carbocycles. The summed E-state index contributed by atoms with van der Waals surface area (Å²) >= 11 is 0. The van der Waals surface area contributed by atoms with E-state index in [0.29, 0.717) is 41.2 Å². The van der Waals surface area contributed by atoms with Crippen molar-refractivity contribution in [1.82, 2.24) is 10.6 Å². The Kier molecular flexibility index (Phi) is 10.6. The van der Waals surface area contributed by atoms with Crippen LogP contribution in [0, 0.1) is 5.92 Å². The van der Waals surface area contributed by atoms with Gasteiger partial charge in [-0.3, -0.25) is 14.4 Å². The fourth-order valence-electron chi connectivity index (χ4n) is 5.85. The molecule has 0 heterocycles. The fraction of sp³-hybridized carbons (Fsp3) is 0.400. The number of rotatable bonds is 11. The lowest BCUT2D eigenvalue weighted by molar-refractivity contribution is -0.122. The van der Waals surface area contributed by atoms with Crippen LogP contribution in [0.4, 0.5) is 5.69 Å². The molecule has 0 aliphatic heterocycles. The molecule has 2 amide bonds. The summed E-state index contributed by atoms with van der Waals surface area (Å²) in [5.41, 5.74) is 3.92. The first-order valence-electron chi connectivity index (χ1n) is 15.0. The van der Waals surface area contributed by atoms with Gasteiger partial charge in [0.2, 0.25) is 23.0 Å². The highest BCUT2D eigenvalue weighted by Gasteiger charge is 2.30. The van der Waals surface area contributed by atoms with Crippen molar-refractivity contribution < 1.29 is 28.5 Å². The van der Waals surface area contributed by atoms with Gasteiger partial charge in [-0.1, -0.05) is 32.0 Å². The number of aryl methyl sites for hydroxylation is 1. The van der Waals surface area contributed by atoms with Gasteiger partial charge in [0.25, 0.3) is 0 Å². The molecule has 3 N–H and O–H groups in total. The van der Waals surface area contributed by atoms with Crippen molar-refractivity contribution in [1.29, 1.82) is 0 Å². The molecule has 10 heteroatoms. The first-order chi connectivity index (χ1) is 21.5. The zero-order chi connectivity index (χ0) is 32.8. The Morgan fingerprint density at radius 1 is 0.867 bits per heavy atom. The Bertz CT molecular complexity index is 1600. The van der Waals surface area contributed by atoms with E-state index in [9.17, 15) is 14.4 Å². The van der Waals surface area contributed by atoms with Crippen molar-refractivity contribution in [3.05, 3.63) is 75.4 Å². The minimum Gasteiger partial charge on any atom is -0.497 e. The molecule has 1 aliphatic rings. The molecule has 3 atom stereocenters. The number of hydrogen-bond acceptors (Lipinski definition) is 8. The van der Waals surface area contributed by atoms with Gasteiger partial charge in [-0.25, -0.2) is 0 Å². The summed E-state index contributed by atoms with van der Waals surface area (Å²) in [6, 6.07) is 13.1. The van der Waals surface area contributed by atoms with E-state index in [0.717, 1.165) is 22.4 Å². The smallest absolute Gasteiger partial charge is 0.242 e. The lowest BCUT2D eigenvalue weighted by atomic mass is 9.95. The molecule has 0 radical (unpaired) electrons. The summed E-state index contributed by atoms with van der Waals surface area (Å²) in [5, 5.41) is 9.26. The molecule has 3 aromatic carbocycles. The van der Waals surface area contributed by atoms with Gasteiger partial charge in [0, 0.05) is 12.5 Å². The van der Waals surface area contributed by atoms with Crippen LogP contribution in [-0.4, -0.2) is 46.3 Å². The maximum Gasteiger partial charge on any atom is 0.242 e. The Hall–Kier alpha value is -4.73. The largest absolute Gasteiger partial charge is 0.497 e. The molecule has 0 saturated carbocycles. The van der Waals surface area contributed by atoms with Crippen molar-refractivity contribution in [2.45, 2.75) is 58.7 Å². The minimum atomic E-state index is -0.725. The number of fused-ring (bicyclic) bond motifs is 3. The summed E-state index contributed by atoms with van der Waals surface area (Å²) in [6.07, 6.45) is 1.14. The number of methoxy groups -OCH3 is 4. The van der Waals surface area contributed by atoms with E-state index in [-0.39, 0.29) is 34.9 Å². The maximum atomic E-state index is 13.7. The van der Waals surface area contributed by atoms with Crippen LogP contribution in [0.15, 0.2) is 53.3 Å². The number of benzene rings is 2. The van der Waals surface area contributed by atoms with Gasteiger partial charge in [0.05, 0.1) is 46.2 Å². The Morgan fingerprint density at radius 3 is 2.13 bits per heavy atom. The molecular weight excluding hydrogens is 574 g/mol. The van der Waals surface area contributed by atoms with Crippen LogP contribution in [-0.2, 0) is 16.0 Å². The fourth-order valence-corrected chi connectivity index (χ4v) is 5.85. The van der Waals surface area contributed by atoms with Crippen molar-refractivity contribution in [3.63, 3.8) is 0 Å². The summed E-state index contributed by atoms with van der Waals surface area (Å²) in [6.45, 7) is 7.24. The second kappa shape index (κ2) is 14.4. The van der Waals surface area contributed by atoms with Crippen LogP contribution < -0.4 is 40.3 Å². The average molecular weight is 618 g/mol. The second-order valence-corrected chi connectivity index (χ2v) is 11.5.